The maximum absolute atomic E-state index is 6.00. The monoisotopic (exact) mass is 225 g/mol. The van der Waals surface area contributed by atoms with Crippen molar-refractivity contribution < 1.29 is 9.15 Å². The van der Waals surface area contributed by atoms with Crippen molar-refractivity contribution in [2.45, 2.75) is 45.3 Å². The van der Waals surface area contributed by atoms with Crippen LogP contribution in [0.25, 0.3) is 0 Å². The number of rotatable bonds is 7. The Labute approximate surface area is 98.2 Å². The number of hydrogen-bond acceptors (Lipinski definition) is 3. The van der Waals surface area contributed by atoms with Gasteiger partial charge in [-0.1, -0.05) is 13.8 Å². The Kier molecular flexibility index (Phi) is 5.03. The van der Waals surface area contributed by atoms with Crippen molar-refractivity contribution in [3.8, 4) is 0 Å². The van der Waals surface area contributed by atoms with E-state index in [2.05, 4.69) is 19.2 Å². The molecule has 1 unspecified atom stereocenters. The summed E-state index contributed by atoms with van der Waals surface area (Å²) in [5.74, 6) is 0. The molecule has 1 rings (SSSR count). The van der Waals surface area contributed by atoms with Crippen LogP contribution in [0.3, 0.4) is 0 Å². The summed E-state index contributed by atoms with van der Waals surface area (Å²) in [6, 6.07) is 2.18. The van der Waals surface area contributed by atoms with Crippen LogP contribution in [0.1, 0.15) is 45.2 Å². The number of furan rings is 1. The lowest BCUT2D eigenvalue weighted by Gasteiger charge is -2.38. The summed E-state index contributed by atoms with van der Waals surface area (Å²) in [7, 11) is 1.97. The fourth-order valence-electron chi connectivity index (χ4n) is 2.41. The van der Waals surface area contributed by atoms with E-state index in [0.717, 1.165) is 25.0 Å². The molecule has 3 heteroatoms. The van der Waals surface area contributed by atoms with Gasteiger partial charge in [0.15, 0.2) is 0 Å². The van der Waals surface area contributed by atoms with E-state index in [1.807, 2.05) is 20.0 Å². The Balaban J connectivity index is 2.98. The highest BCUT2D eigenvalue weighted by atomic mass is 16.5. The molecule has 0 saturated heterocycles. The molecule has 0 bridgehead atoms. The number of nitrogens with one attached hydrogen (secondary N) is 1. The van der Waals surface area contributed by atoms with Crippen LogP contribution in [0.5, 0.6) is 0 Å². The average molecular weight is 225 g/mol. The number of hydrogen-bond donors (Lipinski definition) is 1. The lowest BCUT2D eigenvalue weighted by atomic mass is 9.85. The van der Waals surface area contributed by atoms with E-state index < -0.39 is 0 Å². The quantitative estimate of drug-likeness (QED) is 0.774. The molecule has 92 valence electrons. The van der Waals surface area contributed by atoms with E-state index in [1.165, 1.54) is 0 Å². The van der Waals surface area contributed by atoms with Crippen LogP contribution in [0.15, 0.2) is 23.0 Å². The summed E-state index contributed by atoms with van der Waals surface area (Å²) in [6.07, 6.45) is 5.46. The highest BCUT2D eigenvalue weighted by Gasteiger charge is 2.37. The van der Waals surface area contributed by atoms with Gasteiger partial charge in [-0.05, 0) is 32.9 Å². The number of likely N-dealkylation sites (N-methyl/N-ethyl adjacent to an activating group) is 1. The standard InChI is InChI=1S/C13H23NO2/c1-5-13(6-2,16-7-3)12(14-4)11-8-9-15-10-11/h8-10,12,14H,5-7H2,1-4H3. The van der Waals surface area contributed by atoms with Gasteiger partial charge in [0.05, 0.1) is 24.2 Å². The first kappa shape index (κ1) is 13.3. The van der Waals surface area contributed by atoms with E-state index in [-0.39, 0.29) is 11.6 Å². The molecule has 16 heavy (non-hydrogen) atoms. The predicted octanol–water partition coefficient (Wildman–Crippen LogP) is 3.14. The van der Waals surface area contributed by atoms with Gasteiger partial charge in [0.25, 0.3) is 0 Å². The largest absolute Gasteiger partial charge is 0.472 e. The van der Waals surface area contributed by atoms with Crippen molar-refractivity contribution in [2.75, 3.05) is 13.7 Å². The third kappa shape index (κ3) is 2.47. The van der Waals surface area contributed by atoms with Crippen LogP contribution < -0.4 is 5.32 Å². The van der Waals surface area contributed by atoms with Crippen molar-refractivity contribution in [1.82, 2.24) is 5.32 Å². The van der Waals surface area contributed by atoms with Gasteiger partial charge in [0.2, 0.25) is 0 Å². The van der Waals surface area contributed by atoms with Gasteiger partial charge in [-0.25, -0.2) is 0 Å². The lowest BCUT2D eigenvalue weighted by Crippen LogP contribution is -2.44. The summed E-state index contributed by atoms with van der Waals surface area (Å²) in [4.78, 5) is 0. The average Bonchev–Trinajstić information content (AvgIpc) is 2.82. The summed E-state index contributed by atoms with van der Waals surface area (Å²) >= 11 is 0. The van der Waals surface area contributed by atoms with Crippen molar-refractivity contribution in [3.63, 3.8) is 0 Å². The Bertz CT molecular complexity index is 278. The zero-order chi connectivity index (χ0) is 12.0. The molecular formula is C13H23NO2. The van der Waals surface area contributed by atoms with E-state index in [9.17, 15) is 0 Å². The molecule has 0 saturated carbocycles. The fraction of sp³-hybridized carbons (Fsp3) is 0.692. The van der Waals surface area contributed by atoms with Crippen molar-refractivity contribution >= 4 is 0 Å². The normalized spacial score (nSPS) is 14.0. The molecule has 0 aromatic carbocycles. The second-order valence-electron chi connectivity index (χ2n) is 3.98. The van der Waals surface area contributed by atoms with Gasteiger partial charge >= 0.3 is 0 Å². The summed E-state index contributed by atoms with van der Waals surface area (Å²) < 4.78 is 11.2. The zero-order valence-electron chi connectivity index (χ0n) is 10.7. The van der Waals surface area contributed by atoms with Crippen LogP contribution in [0, 0.1) is 0 Å². The molecule has 3 nitrogen and oxygen atoms in total. The van der Waals surface area contributed by atoms with E-state index in [0.29, 0.717) is 0 Å². The number of ether oxygens (including phenoxy) is 1. The Morgan fingerprint density at radius 3 is 2.44 bits per heavy atom. The summed E-state index contributed by atoms with van der Waals surface area (Å²) in [6.45, 7) is 7.12. The predicted molar refractivity (Wildman–Crippen MR) is 65.4 cm³/mol. The van der Waals surface area contributed by atoms with E-state index in [1.54, 1.807) is 12.5 Å². The topological polar surface area (TPSA) is 34.4 Å². The highest BCUT2D eigenvalue weighted by molar-refractivity contribution is 5.16. The molecular weight excluding hydrogens is 202 g/mol. The van der Waals surface area contributed by atoms with E-state index in [4.69, 9.17) is 9.15 Å². The van der Waals surface area contributed by atoms with Crippen molar-refractivity contribution in [3.05, 3.63) is 24.2 Å². The lowest BCUT2D eigenvalue weighted by molar-refractivity contribution is -0.0718. The molecule has 0 aliphatic carbocycles. The minimum Gasteiger partial charge on any atom is -0.472 e. The van der Waals surface area contributed by atoms with Crippen LogP contribution in [0.2, 0.25) is 0 Å². The van der Waals surface area contributed by atoms with Crippen LogP contribution in [-0.4, -0.2) is 19.3 Å². The smallest absolute Gasteiger partial charge is 0.0951 e. The minimum atomic E-state index is -0.145. The van der Waals surface area contributed by atoms with Gasteiger partial charge < -0.3 is 14.5 Å². The van der Waals surface area contributed by atoms with Gasteiger partial charge in [-0.2, -0.15) is 0 Å². The minimum absolute atomic E-state index is 0.145. The second kappa shape index (κ2) is 6.06. The maximum Gasteiger partial charge on any atom is 0.0951 e. The third-order valence-corrected chi connectivity index (χ3v) is 3.32. The maximum atomic E-state index is 6.00. The SMILES string of the molecule is CCOC(CC)(CC)C(NC)c1ccoc1. The van der Waals surface area contributed by atoms with Crippen molar-refractivity contribution in [1.29, 1.82) is 0 Å². The highest BCUT2D eigenvalue weighted by Crippen LogP contribution is 2.35. The molecule has 1 heterocycles. The second-order valence-corrected chi connectivity index (χ2v) is 3.98. The van der Waals surface area contributed by atoms with Gasteiger partial charge in [-0.3, -0.25) is 0 Å². The fourth-order valence-corrected chi connectivity index (χ4v) is 2.41. The van der Waals surface area contributed by atoms with Crippen LogP contribution >= 0.6 is 0 Å². The molecule has 1 aromatic rings. The molecule has 0 radical (unpaired) electrons. The Morgan fingerprint density at radius 1 is 1.38 bits per heavy atom. The molecule has 0 spiro atoms. The molecule has 0 aliphatic rings. The molecule has 1 atom stereocenters. The van der Waals surface area contributed by atoms with Gasteiger partial charge in [-0.15, -0.1) is 0 Å². The van der Waals surface area contributed by atoms with Crippen molar-refractivity contribution in [2.24, 2.45) is 0 Å². The Morgan fingerprint density at radius 2 is 2.06 bits per heavy atom. The van der Waals surface area contributed by atoms with Crippen LogP contribution in [-0.2, 0) is 4.74 Å². The molecule has 0 amide bonds. The molecule has 1 aromatic heterocycles. The summed E-state index contributed by atoms with van der Waals surface area (Å²) in [5.41, 5.74) is 1.01. The molecule has 0 aliphatic heterocycles. The van der Waals surface area contributed by atoms with Crippen LogP contribution in [0.4, 0.5) is 0 Å². The third-order valence-electron chi connectivity index (χ3n) is 3.32. The Hall–Kier alpha value is -0.800. The summed E-state index contributed by atoms with van der Waals surface area (Å²) in [5, 5.41) is 3.35. The van der Waals surface area contributed by atoms with Gasteiger partial charge in [0, 0.05) is 12.2 Å². The molecule has 1 N–H and O–H groups in total. The first-order valence-corrected chi connectivity index (χ1v) is 6.07. The zero-order valence-corrected chi connectivity index (χ0v) is 10.7. The molecule has 0 fully saturated rings. The first-order valence-electron chi connectivity index (χ1n) is 6.07. The van der Waals surface area contributed by atoms with Gasteiger partial charge in [0.1, 0.15) is 0 Å². The van der Waals surface area contributed by atoms with E-state index >= 15 is 0 Å². The first-order chi connectivity index (χ1) is 7.74.